The van der Waals surface area contributed by atoms with E-state index in [-0.39, 0.29) is 5.91 Å². The normalized spacial score (nSPS) is 14.6. The molecular formula is C21H25ClN7O2S+. The summed E-state index contributed by atoms with van der Waals surface area (Å²) in [5.74, 6) is 0.808. The SMILES string of the molecule is CC(=O)Nc1ccc(Sc2nc3c([nH]2)c(N)nc[n+]3CCC2CCN(C=O)CC2)c(Cl)c1. The van der Waals surface area contributed by atoms with Crippen LogP contribution in [0, 0.1) is 5.92 Å². The van der Waals surface area contributed by atoms with E-state index in [2.05, 4.69) is 15.3 Å². The maximum atomic E-state index is 11.2. The fourth-order valence-electron chi connectivity index (χ4n) is 3.83. The van der Waals surface area contributed by atoms with Gasteiger partial charge in [0.1, 0.15) is 0 Å². The Morgan fingerprint density at radius 1 is 1.44 bits per heavy atom. The predicted octanol–water partition coefficient (Wildman–Crippen LogP) is 2.85. The Balaban J connectivity index is 1.49. The molecule has 11 heteroatoms. The minimum Gasteiger partial charge on any atom is -0.368 e. The van der Waals surface area contributed by atoms with Crippen molar-refractivity contribution in [1.82, 2.24) is 19.9 Å². The lowest BCUT2D eigenvalue weighted by atomic mass is 9.94. The molecular weight excluding hydrogens is 450 g/mol. The van der Waals surface area contributed by atoms with Gasteiger partial charge in [0.25, 0.3) is 5.65 Å². The minimum absolute atomic E-state index is 0.152. The Hall–Kier alpha value is -2.85. The second-order valence-electron chi connectivity index (χ2n) is 7.87. The van der Waals surface area contributed by atoms with Gasteiger partial charge in [-0.25, -0.2) is 4.57 Å². The number of H-pyrrole nitrogens is 1. The lowest BCUT2D eigenvalue weighted by molar-refractivity contribution is -0.677. The van der Waals surface area contributed by atoms with Crippen molar-refractivity contribution in [2.24, 2.45) is 5.92 Å². The van der Waals surface area contributed by atoms with E-state index in [1.165, 1.54) is 18.7 Å². The standard InChI is InChI=1S/C21H24ClN7O2S/c1-13(31)25-15-2-3-17(16(22)10-15)32-21-26-18-19(23)24-11-29(20(18)27-21)9-6-14-4-7-28(12-30)8-5-14/h2-3,10-12,14H,4-9H2,1H3,(H3,23,25,26,27,31)/p+1. The van der Waals surface area contributed by atoms with E-state index in [0.717, 1.165) is 55.8 Å². The summed E-state index contributed by atoms with van der Waals surface area (Å²) < 4.78 is 2.01. The number of carbonyl (C=O) groups excluding carboxylic acids is 2. The van der Waals surface area contributed by atoms with Crippen LogP contribution in [-0.4, -0.2) is 45.3 Å². The molecule has 1 aromatic carbocycles. The van der Waals surface area contributed by atoms with Crippen molar-refractivity contribution >= 4 is 58.3 Å². The van der Waals surface area contributed by atoms with Gasteiger partial charge in [0.15, 0.2) is 5.52 Å². The molecule has 168 valence electrons. The number of nitrogen functional groups attached to an aromatic ring is 1. The molecule has 32 heavy (non-hydrogen) atoms. The van der Waals surface area contributed by atoms with Crippen molar-refractivity contribution in [2.75, 3.05) is 24.1 Å². The highest BCUT2D eigenvalue weighted by Gasteiger charge is 2.22. The molecule has 1 fully saturated rings. The smallest absolute Gasteiger partial charge is 0.294 e. The van der Waals surface area contributed by atoms with Crippen LogP contribution in [0.4, 0.5) is 11.5 Å². The quantitative estimate of drug-likeness (QED) is 0.357. The molecule has 2 amide bonds. The number of fused-ring (bicyclic) bond motifs is 1. The van der Waals surface area contributed by atoms with Crippen molar-refractivity contribution in [2.45, 2.75) is 42.8 Å². The van der Waals surface area contributed by atoms with E-state index in [9.17, 15) is 9.59 Å². The third-order valence-electron chi connectivity index (χ3n) is 5.56. The third kappa shape index (κ3) is 5.13. The van der Waals surface area contributed by atoms with Crippen molar-refractivity contribution in [3.8, 4) is 0 Å². The van der Waals surface area contributed by atoms with Crippen LogP contribution in [0.1, 0.15) is 26.2 Å². The first-order chi connectivity index (χ1) is 15.4. The molecule has 3 aromatic rings. The zero-order chi connectivity index (χ0) is 22.7. The van der Waals surface area contributed by atoms with Crippen LogP contribution in [0.15, 0.2) is 34.6 Å². The van der Waals surface area contributed by atoms with Crippen LogP contribution in [0.3, 0.4) is 0 Å². The molecule has 4 rings (SSSR count). The first-order valence-electron chi connectivity index (χ1n) is 10.4. The molecule has 0 atom stereocenters. The van der Waals surface area contributed by atoms with Gasteiger partial charge in [-0.2, -0.15) is 0 Å². The van der Waals surface area contributed by atoms with Gasteiger partial charge in [0.2, 0.25) is 29.6 Å². The first-order valence-corrected chi connectivity index (χ1v) is 11.6. The second kappa shape index (κ2) is 9.74. The van der Waals surface area contributed by atoms with E-state index in [0.29, 0.717) is 33.1 Å². The minimum atomic E-state index is -0.152. The van der Waals surface area contributed by atoms with E-state index in [1.807, 2.05) is 15.5 Å². The zero-order valence-corrected chi connectivity index (χ0v) is 19.2. The summed E-state index contributed by atoms with van der Waals surface area (Å²) in [7, 11) is 0. The average Bonchev–Trinajstić information content (AvgIpc) is 3.20. The number of imidazole rings is 1. The molecule has 0 aliphatic carbocycles. The van der Waals surface area contributed by atoms with Crippen LogP contribution in [0.2, 0.25) is 5.02 Å². The van der Waals surface area contributed by atoms with Gasteiger partial charge < -0.3 is 20.9 Å². The highest BCUT2D eigenvalue weighted by atomic mass is 35.5. The number of halogens is 1. The summed E-state index contributed by atoms with van der Waals surface area (Å²) in [6.07, 6.45) is 5.67. The number of nitrogens with two attached hydrogens (primary N) is 1. The number of amides is 2. The highest BCUT2D eigenvalue weighted by molar-refractivity contribution is 7.99. The van der Waals surface area contributed by atoms with Crippen LogP contribution in [0.25, 0.3) is 11.2 Å². The fourth-order valence-corrected chi connectivity index (χ4v) is 4.91. The van der Waals surface area contributed by atoms with E-state index < -0.39 is 0 Å². The number of aromatic amines is 1. The predicted molar refractivity (Wildman–Crippen MR) is 123 cm³/mol. The summed E-state index contributed by atoms with van der Waals surface area (Å²) in [4.78, 5) is 37.1. The summed E-state index contributed by atoms with van der Waals surface area (Å²) in [5.41, 5.74) is 8.17. The Morgan fingerprint density at radius 2 is 2.22 bits per heavy atom. The molecule has 0 radical (unpaired) electrons. The first kappa shape index (κ1) is 22.3. The van der Waals surface area contributed by atoms with E-state index in [1.54, 1.807) is 18.5 Å². The highest BCUT2D eigenvalue weighted by Crippen LogP contribution is 2.34. The largest absolute Gasteiger partial charge is 0.368 e. The number of hydrogen-bond acceptors (Lipinski definition) is 6. The summed E-state index contributed by atoms with van der Waals surface area (Å²) in [5, 5.41) is 3.89. The number of carbonyl (C=O) groups is 2. The molecule has 2 aromatic heterocycles. The van der Waals surface area contributed by atoms with Crippen molar-refractivity contribution < 1.29 is 14.2 Å². The fraction of sp³-hybridized carbons (Fsp3) is 0.381. The molecule has 4 N–H and O–H groups in total. The van der Waals surface area contributed by atoms with Crippen molar-refractivity contribution in [3.05, 3.63) is 29.5 Å². The van der Waals surface area contributed by atoms with Crippen LogP contribution in [0.5, 0.6) is 0 Å². The number of aromatic nitrogens is 4. The number of nitrogens with zero attached hydrogens (tertiary/aromatic N) is 4. The maximum Gasteiger partial charge on any atom is 0.294 e. The van der Waals surface area contributed by atoms with Crippen molar-refractivity contribution in [1.29, 1.82) is 0 Å². The molecule has 1 aliphatic heterocycles. The molecule has 3 heterocycles. The van der Waals surface area contributed by atoms with E-state index in [4.69, 9.17) is 22.3 Å². The van der Waals surface area contributed by atoms with Gasteiger partial charge in [-0.1, -0.05) is 21.6 Å². The Labute approximate surface area is 194 Å². The van der Waals surface area contributed by atoms with E-state index >= 15 is 0 Å². The molecule has 0 saturated carbocycles. The van der Waals surface area contributed by atoms with Gasteiger partial charge in [-0.05, 0) is 55.1 Å². The third-order valence-corrected chi connectivity index (χ3v) is 6.95. The number of likely N-dealkylation sites (tertiary alicyclic amines) is 1. The summed E-state index contributed by atoms with van der Waals surface area (Å²) >= 11 is 7.79. The lowest BCUT2D eigenvalue weighted by Gasteiger charge is -2.28. The molecule has 0 bridgehead atoms. The number of benzene rings is 1. The molecule has 9 nitrogen and oxygen atoms in total. The maximum absolute atomic E-state index is 11.2. The van der Waals surface area contributed by atoms with Gasteiger partial charge >= 0.3 is 0 Å². The van der Waals surface area contributed by atoms with Gasteiger partial charge in [0.05, 0.1) is 11.6 Å². The summed E-state index contributed by atoms with van der Waals surface area (Å²) in [6.45, 7) is 3.86. The Bertz CT molecular complexity index is 1140. The monoisotopic (exact) mass is 474 g/mol. The van der Waals surface area contributed by atoms with Crippen LogP contribution >= 0.6 is 23.4 Å². The van der Waals surface area contributed by atoms with Crippen molar-refractivity contribution in [3.63, 3.8) is 0 Å². The Morgan fingerprint density at radius 3 is 2.91 bits per heavy atom. The van der Waals surface area contributed by atoms with Crippen LogP contribution < -0.4 is 15.6 Å². The number of nitrogens with one attached hydrogen (secondary N) is 2. The molecule has 1 saturated heterocycles. The topological polar surface area (TPSA) is 121 Å². The van der Waals surface area contributed by atoms with Crippen LogP contribution in [-0.2, 0) is 16.1 Å². The number of aryl methyl sites for hydroxylation is 1. The zero-order valence-electron chi connectivity index (χ0n) is 17.7. The van der Waals surface area contributed by atoms with Gasteiger partial charge in [0, 0.05) is 30.6 Å². The number of piperidine rings is 1. The lowest BCUT2D eigenvalue weighted by Crippen LogP contribution is -2.38. The molecule has 0 unspecified atom stereocenters. The number of rotatable bonds is 7. The number of hydrogen-bond donors (Lipinski definition) is 3. The second-order valence-corrected chi connectivity index (χ2v) is 9.30. The summed E-state index contributed by atoms with van der Waals surface area (Å²) in [6, 6.07) is 5.34. The average molecular weight is 475 g/mol. The molecule has 1 aliphatic rings. The number of anilines is 2. The molecule has 0 spiro atoms. The Kier molecular flexibility index (Phi) is 6.80. The van der Waals surface area contributed by atoms with Gasteiger partial charge in [-0.3, -0.25) is 9.59 Å². The van der Waals surface area contributed by atoms with Gasteiger partial charge in [-0.15, -0.1) is 0 Å².